The molecule has 0 aliphatic rings. The molecule has 0 aliphatic carbocycles. The predicted octanol–water partition coefficient (Wildman–Crippen LogP) is 5.55. The Kier molecular flexibility index (Phi) is 6.19. The summed E-state index contributed by atoms with van der Waals surface area (Å²) in [5.74, 6) is 0. The third kappa shape index (κ3) is 5.36. The summed E-state index contributed by atoms with van der Waals surface area (Å²) in [6.45, 7) is 5.82. The smallest absolute Gasteiger partial charge is 0.276 e. The molecule has 0 spiro atoms. The monoisotopic (exact) mass is 406 g/mol. The fourth-order valence-electron chi connectivity index (χ4n) is 2.41. The van der Waals surface area contributed by atoms with Gasteiger partial charge in [0.1, 0.15) is 0 Å². The largest absolute Gasteiger partial charge is 0.289 e. The summed E-state index contributed by atoms with van der Waals surface area (Å²) in [6.07, 6.45) is 0. The summed E-state index contributed by atoms with van der Waals surface area (Å²) in [5, 5.41) is 11.6. The average molecular weight is 407 g/mol. The number of nitrogens with one attached hydrogen (secondary N) is 1. The summed E-state index contributed by atoms with van der Waals surface area (Å²) in [7, 11) is -3.95. The lowest BCUT2D eigenvalue weighted by molar-refractivity contribution is 0.606. The number of sulfone groups is 1. The van der Waals surface area contributed by atoms with Gasteiger partial charge in [-0.05, 0) is 57.2 Å². The van der Waals surface area contributed by atoms with Crippen LogP contribution in [0.25, 0.3) is 0 Å². The Balaban J connectivity index is 1.97. The average Bonchev–Trinajstić information content (AvgIpc) is 2.71. The molecule has 0 fully saturated rings. The van der Waals surface area contributed by atoms with Gasteiger partial charge in [0, 0.05) is 0 Å². The van der Waals surface area contributed by atoms with Crippen molar-refractivity contribution in [3.05, 3.63) is 89.5 Å². The highest BCUT2D eigenvalue weighted by Gasteiger charge is 2.23. The molecule has 6 nitrogen and oxygen atoms in total. The fraction of sp³-hybridized carbons (Fsp3) is 0.136. The number of anilines is 1. The number of hydrogen-bond donors (Lipinski definition) is 1. The Morgan fingerprint density at radius 2 is 1.21 bits per heavy atom. The van der Waals surface area contributed by atoms with Crippen LogP contribution in [0.4, 0.5) is 11.4 Å². The van der Waals surface area contributed by atoms with E-state index < -0.39 is 15.0 Å². The molecule has 3 rings (SSSR count). The molecule has 0 aromatic heterocycles. The SMILES string of the molecule is Cc1ccc(N=N/C(=N/Nc2ccc(C)cc2)S(=O)(=O)c2ccc(C)cc2)cc1. The van der Waals surface area contributed by atoms with Crippen LogP contribution in [0.2, 0.25) is 0 Å². The Morgan fingerprint density at radius 3 is 1.76 bits per heavy atom. The van der Waals surface area contributed by atoms with Crippen LogP contribution in [0.15, 0.2) is 93.0 Å². The van der Waals surface area contributed by atoms with Crippen molar-refractivity contribution in [3.63, 3.8) is 0 Å². The Bertz CT molecular complexity index is 1130. The molecular weight excluding hydrogens is 384 g/mol. The van der Waals surface area contributed by atoms with Gasteiger partial charge in [-0.1, -0.05) is 53.1 Å². The maximum absolute atomic E-state index is 13.1. The van der Waals surface area contributed by atoms with Gasteiger partial charge in [-0.2, -0.15) is 0 Å². The van der Waals surface area contributed by atoms with Crippen molar-refractivity contribution in [2.24, 2.45) is 15.3 Å². The zero-order valence-corrected chi connectivity index (χ0v) is 17.3. The summed E-state index contributed by atoms with van der Waals surface area (Å²) < 4.78 is 26.1. The standard InChI is InChI=1S/C22H22N4O2S/c1-16-4-10-19(11-5-16)23-25-22(26-24-20-12-6-17(2)7-13-20)29(27,28)21-14-8-18(3)9-15-21/h4-15,23H,1-3H3/b25-22-,26-24?. The van der Waals surface area contributed by atoms with Crippen LogP contribution >= 0.6 is 0 Å². The molecule has 0 amide bonds. The molecule has 0 saturated carbocycles. The maximum atomic E-state index is 13.1. The van der Waals surface area contributed by atoms with Crippen LogP contribution in [0.1, 0.15) is 16.7 Å². The molecule has 7 heteroatoms. The summed E-state index contributed by atoms with van der Waals surface area (Å²) in [6, 6.07) is 21.3. The molecule has 3 aromatic carbocycles. The molecule has 0 heterocycles. The van der Waals surface area contributed by atoms with Gasteiger partial charge in [0.2, 0.25) is 9.84 Å². The van der Waals surface area contributed by atoms with E-state index in [1.165, 1.54) is 12.1 Å². The maximum Gasteiger partial charge on any atom is 0.289 e. The first-order chi connectivity index (χ1) is 13.8. The Labute approximate surface area is 170 Å². The molecule has 0 bridgehead atoms. The van der Waals surface area contributed by atoms with Gasteiger partial charge in [0.05, 0.1) is 16.3 Å². The van der Waals surface area contributed by atoms with Crippen molar-refractivity contribution in [3.8, 4) is 0 Å². The van der Waals surface area contributed by atoms with Crippen molar-refractivity contribution in [2.75, 3.05) is 5.43 Å². The van der Waals surface area contributed by atoms with E-state index >= 15 is 0 Å². The van der Waals surface area contributed by atoms with Crippen molar-refractivity contribution in [2.45, 2.75) is 25.7 Å². The lowest BCUT2D eigenvalue weighted by atomic mass is 10.2. The van der Waals surface area contributed by atoms with Gasteiger partial charge >= 0.3 is 0 Å². The molecule has 3 aromatic rings. The summed E-state index contributed by atoms with van der Waals surface area (Å²) in [5.41, 5.74) is 7.07. The van der Waals surface area contributed by atoms with E-state index in [1.54, 1.807) is 24.3 Å². The number of hydrogen-bond acceptors (Lipinski definition) is 5. The summed E-state index contributed by atoms with van der Waals surface area (Å²) >= 11 is 0. The van der Waals surface area contributed by atoms with Crippen molar-refractivity contribution in [1.29, 1.82) is 0 Å². The van der Waals surface area contributed by atoms with E-state index in [0.29, 0.717) is 11.4 Å². The molecule has 29 heavy (non-hydrogen) atoms. The zero-order chi connectivity index (χ0) is 20.9. The van der Waals surface area contributed by atoms with E-state index in [0.717, 1.165) is 16.7 Å². The molecule has 0 unspecified atom stereocenters. The van der Waals surface area contributed by atoms with Crippen LogP contribution in [0, 0.1) is 20.8 Å². The highest BCUT2D eigenvalue weighted by Crippen LogP contribution is 2.18. The van der Waals surface area contributed by atoms with E-state index in [4.69, 9.17) is 0 Å². The van der Waals surface area contributed by atoms with Crippen LogP contribution in [-0.4, -0.2) is 13.6 Å². The Hall–Kier alpha value is -3.32. The highest BCUT2D eigenvalue weighted by atomic mass is 32.2. The first-order valence-corrected chi connectivity index (χ1v) is 10.5. The number of hydrazone groups is 1. The number of rotatable bonds is 4. The third-order valence-corrected chi connectivity index (χ3v) is 5.74. The quantitative estimate of drug-likeness (QED) is 0.267. The zero-order valence-electron chi connectivity index (χ0n) is 16.5. The predicted molar refractivity (Wildman–Crippen MR) is 116 cm³/mol. The molecule has 1 N–H and O–H groups in total. The lowest BCUT2D eigenvalue weighted by Crippen LogP contribution is -2.14. The van der Waals surface area contributed by atoms with E-state index in [9.17, 15) is 8.42 Å². The first-order valence-electron chi connectivity index (χ1n) is 9.05. The second-order valence-electron chi connectivity index (χ2n) is 6.72. The van der Waals surface area contributed by atoms with Crippen molar-refractivity contribution >= 4 is 26.4 Å². The molecule has 0 radical (unpaired) electrons. The Morgan fingerprint density at radius 1 is 0.724 bits per heavy atom. The fourth-order valence-corrected chi connectivity index (χ4v) is 3.43. The van der Waals surface area contributed by atoms with E-state index in [2.05, 4.69) is 20.8 Å². The van der Waals surface area contributed by atoms with Crippen LogP contribution < -0.4 is 5.43 Å². The lowest BCUT2D eigenvalue weighted by Gasteiger charge is -2.06. The number of nitrogens with zero attached hydrogens (tertiary/aromatic N) is 3. The molecular formula is C22H22N4O2S. The van der Waals surface area contributed by atoms with Crippen LogP contribution in [0.5, 0.6) is 0 Å². The minimum absolute atomic E-state index is 0.107. The number of azo groups is 1. The first kappa shape index (κ1) is 20.4. The van der Waals surface area contributed by atoms with E-state index in [1.807, 2.05) is 57.2 Å². The molecule has 0 atom stereocenters. The second-order valence-corrected chi connectivity index (χ2v) is 8.57. The van der Waals surface area contributed by atoms with E-state index in [-0.39, 0.29) is 4.90 Å². The minimum Gasteiger partial charge on any atom is -0.276 e. The molecule has 0 aliphatic heterocycles. The van der Waals surface area contributed by atoms with Gasteiger partial charge in [-0.15, -0.1) is 15.3 Å². The van der Waals surface area contributed by atoms with Gasteiger partial charge in [0.25, 0.3) is 5.17 Å². The van der Waals surface area contributed by atoms with Gasteiger partial charge in [-0.3, -0.25) is 5.43 Å². The van der Waals surface area contributed by atoms with Gasteiger partial charge in [0.15, 0.2) is 0 Å². The minimum atomic E-state index is -3.95. The summed E-state index contributed by atoms with van der Waals surface area (Å²) in [4.78, 5) is 0.107. The number of aryl methyl sites for hydroxylation is 3. The number of benzene rings is 3. The van der Waals surface area contributed by atoms with Crippen molar-refractivity contribution < 1.29 is 8.42 Å². The van der Waals surface area contributed by atoms with Gasteiger partial charge in [-0.25, -0.2) is 8.42 Å². The number of amidine groups is 1. The van der Waals surface area contributed by atoms with Crippen molar-refractivity contribution in [1.82, 2.24) is 0 Å². The highest BCUT2D eigenvalue weighted by molar-refractivity contribution is 8.06. The van der Waals surface area contributed by atoms with Crippen LogP contribution in [0.3, 0.4) is 0 Å². The van der Waals surface area contributed by atoms with Crippen LogP contribution in [-0.2, 0) is 9.84 Å². The second kappa shape index (κ2) is 8.79. The third-order valence-electron chi connectivity index (χ3n) is 4.19. The molecule has 148 valence electrons. The van der Waals surface area contributed by atoms with Gasteiger partial charge < -0.3 is 0 Å². The topological polar surface area (TPSA) is 83.2 Å². The molecule has 0 saturated heterocycles. The normalized spacial score (nSPS) is 12.3.